The standard InChI is InChI=1S/C10H9ClN2O4/c11-5-1-2-8-6(3-5)12-9(14)7(4-17-8)13-10(15)16/h1-3,7,13H,4H2,(H,12,14)(H,15,16)/t7-/m0/s1. The summed E-state index contributed by atoms with van der Waals surface area (Å²) in [6.45, 7) is -0.0627. The van der Waals surface area contributed by atoms with Crippen molar-refractivity contribution in [2.45, 2.75) is 6.04 Å². The normalized spacial score (nSPS) is 18.4. The van der Waals surface area contributed by atoms with Crippen molar-refractivity contribution in [3.63, 3.8) is 0 Å². The van der Waals surface area contributed by atoms with Crippen LogP contribution in [0.25, 0.3) is 0 Å². The lowest BCUT2D eigenvalue weighted by Crippen LogP contribution is -2.45. The highest BCUT2D eigenvalue weighted by molar-refractivity contribution is 6.31. The van der Waals surface area contributed by atoms with Gasteiger partial charge in [0.15, 0.2) is 0 Å². The lowest BCUT2D eigenvalue weighted by atomic mass is 10.2. The van der Waals surface area contributed by atoms with Crippen LogP contribution >= 0.6 is 11.6 Å². The Kier molecular flexibility index (Phi) is 3.06. The molecule has 0 fully saturated rings. The number of carbonyl (C=O) groups excluding carboxylic acids is 1. The minimum Gasteiger partial charge on any atom is -0.489 e. The quantitative estimate of drug-likeness (QED) is 0.707. The predicted molar refractivity (Wildman–Crippen MR) is 60.5 cm³/mol. The summed E-state index contributed by atoms with van der Waals surface area (Å²) in [5.41, 5.74) is 0.428. The first-order valence-corrected chi connectivity index (χ1v) is 5.17. The summed E-state index contributed by atoms with van der Waals surface area (Å²) < 4.78 is 5.32. The molecule has 0 aliphatic carbocycles. The lowest BCUT2D eigenvalue weighted by Gasteiger charge is -2.11. The van der Waals surface area contributed by atoms with Crippen molar-refractivity contribution in [1.82, 2.24) is 5.32 Å². The highest BCUT2D eigenvalue weighted by Crippen LogP contribution is 2.29. The van der Waals surface area contributed by atoms with Gasteiger partial charge in [-0.25, -0.2) is 4.79 Å². The Morgan fingerprint density at radius 1 is 1.59 bits per heavy atom. The third kappa shape index (κ3) is 2.59. The number of halogens is 1. The first kappa shape index (κ1) is 11.5. The van der Waals surface area contributed by atoms with Crippen LogP contribution in [0.4, 0.5) is 10.5 Å². The second kappa shape index (κ2) is 4.50. The Morgan fingerprint density at radius 3 is 3.06 bits per heavy atom. The molecule has 0 radical (unpaired) electrons. The maximum atomic E-state index is 11.7. The molecule has 0 aromatic heterocycles. The van der Waals surface area contributed by atoms with Crippen LogP contribution in [0.15, 0.2) is 18.2 Å². The fraction of sp³-hybridized carbons (Fsp3) is 0.200. The number of carbonyl (C=O) groups is 2. The van der Waals surface area contributed by atoms with Crippen molar-refractivity contribution in [3.8, 4) is 5.75 Å². The van der Waals surface area contributed by atoms with E-state index < -0.39 is 18.0 Å². The summed E-state index contributed by atoms with van der Waals surface area (Å²) in [6.07, 6.45) is -1.28. The van der Waals surface area contributed by atoms with Gasteiger partial charge in [-0.1, -0.05) is 11.6 Å². The van der Waals surface area contributed by atoms with Crippen LogP contribution in [-0.2, 0) is 4.79 Å². The van der Waals surface area contributed by atoms with Crippen LogP contribution in [0.5, 0.6) is 5.75 Å². The summed E-state index contributed by atoms with van der Waals surface area (Å²) >= 11 is 5.78. The van der Waals surface area contributed by atoms with Crippen molar-refractivity contribution in [1.29, 1.82) is 0 Å². The fourth-order valence-corrected chi connectivity index (χ4v) is 1.62. The van der Waals surface area contributed by atoms with Gasteiger partial charge in [0.25, 0.3) is 5.91 Å². The first-order chi connectivity index (χ1) is 8.06. The van der Waals surface area contributed by atoms with Gasteiger partial charge in [-0.2, -0.15) is 0 Å². The molecular weight excluding hydrogens is 248 g/mol. The van der Waals surface area contributed by atoms with E-state index in [4.69, 9.17) is 21.4 Å². The molecule has 0 saturated heterocycles. The highest BCUT2D eigenvalue weighted by atomic mass is 35.5. The molecule has 2 rings (SSSR count). The van der Waals surface area contributed by atoms with Crippen LogP contribution in [0, 0.1) is 0 Å². The van der Waals surface area contributed by atoms with E-state index in [1.807, 2.05) is 0 Å². The van der Waals surface area contributed by atoms with Crippen molar-refractivity contribution in [2.75, 3.05) is 11.9 Å². The van der Waals surface area contributed by atoms with Crippen LogP contribution in [0.1, 0.15) is 0 Å². The smallest absolute Gasteiger partial charge is 0.405 e. The lowest BCUT2D eigenvalue weighted by molar-refractivity contribution is -0.118. The van der Waals surface area contributed by atoms with E-state index in [1.165, 1.54) is 6.07 Å². The number of ether oxygens (including phenoxy) is 1. The topological polar surface area (TPSA) is 87.7 Å². The molecule has 1 aliphatic heterocycles. The molecule has 0 saturated carbocycles. The van der Waals surface area contributed by atoms with Crippen molar-refractivity contribution < 1.29 is 19.4 Å². The predicted octanol–water partition coefficient (Wildman–Crippen LogP) is 1.31. The van der Waals surface area contributed by atoms with Crippen molar-refractivity contribution in [3.05, 3.63) is 23.2 Å². The van der Waals surface area contributed by atoms with Gasteiger partial charge in [-0.05, 0) is 18.2 Å². The van der Waals surface area contributed by atoms with E-state index in [2.05, 4.69) is 10.6 Å². The SMILES string of the molecule is O=C(O)N[C@H]1COc2ccc(Cl)cc2NC1=O. The second-order valence-corrected chi connectivity index (χ2v) is 3.88. The number of anilines is 1. The third-order valence-electron chi connectivity index (χ3n) is 2.22. The van der Waals surface area contributed by atoms with E-state index in [1.54, 1.807) is 12.1 Å². The van der Waals surface area contributed by atoms with E-state index >= 15 is 0 Å². The number of hydrogen-bond acceptors (Lipinski definition) is 3. The molecule has 1 aromatic rings. The largest absolute Gasteiger partial charge is 0.489 e. The number of hydrogen-bond donors (Lipinski definition) is 3. The zero-order chi connectivity index (χ0) is 12.4. The molecule has 1 aliphatic rings. The van der Waals surface area contributed by atoms with Crippen LogP contribution in [0.2, 0.25) is 5.02 Å². The van der Waals surface area contributed by atoms with Crippen molar-refractivity contribution in [2.24, 2.45) is 0 Å². The highest BCUT2D eigenvalue weighted by Gasteiger charge is 2.26. The summed E-state index contributed by atoms with van der Waals surface area (Å²) in [5.74, 6) is -0.0224. The Morgan fingerprint density at radius 2 is 2.35 bits per heavy atom. The summed E-state index contributed by atoms with van der Waals surface area (Å²) in [7, 11) is 0. The maximum Gasteiger partial charge on any atom is 0.405 e. The monoisotopic (exact) mass is 256 g/mol. The van der Waals surface area contributed by atoms with E-state index in [9.17, 15) is 9.59 Å². The zero-order valence-electron chi connectivity index (χ0n) is 8.57. The molecule has 7 heteroatoms. The van der Waals surface area contributed by atoms with Gasteiger partial charge in [0, 0.05) is 5.02 Å². The van der Waals surface area contributed by atoms with Crippen LogP contribution in [-0.4, -0.2) is 29.8 Å². The maximum absolute atomic E-state index is 11.7. The molecule has 90 valence electrons. The number of fused-ring (bicyclic) bond motifs is 1. The van der Waals surface area contributed by atoms with Gasteiger partial charge in [-0.3, -0.25) is 4.79 Å². The summed E-state index contributed by atoms with van der Waals surface area (Å²) in [5, 5.41) is 13.6. The van der Waals surface area contributed by atoms with Crippen molar-refractivity contribution >= 4 is 29.3 Å². The molecule has 3 N–H and O–H groups in total. The molecule has 1 heterocycles. The van der Waals surface area contributed by atoms with Gasteiger partial charge in [0.2, 0.25) is 0 Å². The molecule has 2 amide bonds. The first-order valence-electron chi connectivity index (χ1n) is 4.79. The molecule has 6 nitrogen and oxygen atoms in total. The number of rotatable bonds is 1. The van der Waals surface area contributed by atoms with E-state index in [0.717, 1.165) is 0 Å². The Hall–Kier alpha value is -1.95. The van der Waals surface area contributed by atoms with E-state index in [0.29, 0.717) is 16.5 Å². The average molecular weight is 257 g/mol. The second-order valence-electron chi connectivity index (χ2n) is 3.44. The molecule has 17 heavy (non-hydrogen) atoms. The molecular formula is C10H9ClN2O4. The molecule has 0 bridgehead atoms. The molecule has 0 unspecified atom stereocenters. The number of carboxylic acid groups (broad SMARTS) is 1. The average Bonchev–Trinajstić information content (AvgIpc) is 2.38. The third-order valence-corrected chi connectivity index (χ3v) is 2.45. The number of benzene rings is 1. The Balaban J connectivity index is 2.22. The van der Waals surface area contributed by atoms with E-state index in [-0.39, 0.29) is 6.61 Å². The van der Waals surface area contributed by atoms with Gasteiger partial charge in [0.05, 0.1) is 5.69 Å². The van der Waals surface area contributed by atoms with Gasteiger partial charge in [0.1, 0.15) is 18.4 Å². The zero-order valence-corrected chi connectivity index (χ0v) is 9.32. The fourth-order valence-electron chi connectivity index (χ4n) is 1.45. The molecule has 1 aromatic carbocycles. The summed E-state index contributed by atoms with van der Waals surface area (Å²) in [4.78, 5) is 22.1. The Labute approximate surface area is 102 Å². The number of nitrogens with one attached hydrogen (secondary N) is 2. The van der Waals surface area contributed by atoms with Gasteiger partial charge >= 0.3 is 6.09 Å². The summed E-state index contributed by atoms with van der Waals surface area (Å²) in [6, 6.07) is 3.83. The van der Waals surface area contributed by atoms with Gasteiger partial charge < -0.3 is 20.5 Å². The van der Waals surface area contributed by atoms with Crippen LogP contribution < -0.4 is 15.4 Å². The number of amides is 2. The van der Waals surface area contributed by atoms with Gasteiger partial charge in [-0.15, -0.1) is 0 Å². The molecule has 0 spiro atoms. The van der Waals surface area contributed by atoms with Crippen LogP contribution in [0.3, 0.4) is 0 Å². The molecule has 1 atom stereocenters. The minimum absolute atomic E-state index is 0.0627. The minimum atomic E-state index is -1.28. The Bertz CT molecular complexity index is 477.